The molecule has 6 heteroatoms. The molecule has 0 bridgehead atoms. The molecule has 0 saturated heterocycles. The molecule has 0 saturated carbocycles. The maximum Gasteiger partial charge on any atom is 0.220 e. The molecule has 1 rings (SSSR count). The van der Waals surface area contributed by atoms with E-state index in [1.807, 2.05) is 24.3 Å². The molecule has 0 unspecified atom stereocenters. The summed E-state index contributed by atoms with van der Waals surface area (Å²) in [5.41, 5.74) is 1.06. The second-order valence-corrected chi connectivity index (χ2v) is 5.42. The molecule has 0 atom stereocenters. The summed E-state index contributed by atoms with van der Waals surface area (Å²) < 4.78 is 5.67. The standard InChI is InChI=1S/C16H24N2O4/c1-18(2)10-11-22-14-5-3-4-13(12-14)8-9-17-15(19)6-7-16(20)21/h3-5,12H,6-11H2,1-2H3,(H,17,19)(H,20,21). The fourth-order valence-corrected chi connectivity index (χ4v) is 1.81. The molecule has 0 aliphatic rings. The number of likely N-dealkylation sites (N-methyl/N-ethyl adjacent to an activating group) is 1. The van der Waals surface area contributed by atoms with Gasteiger partial charge in [0, 0.05) is 18.9 Å². The zero-order valence-corrected chi connectivity index (χ0v) is 13.2. The minimum atomic E-state index is -1.21. The number of benzene rings is 1. The molecule has 22 heavy (non-hydrogen) atoms. The lowest BCUT2D eigenvalue weighted by atomic mass is 10.1. The minimum absolute atomic E-state index is 0.0433. The minimum Gasteiger partial charge on any atom is -0.550 e. The number of hydrogen-bond donors (Lipinski definition) is 2. The van der Waals surface area contributed by atoms with Crippen LogP contribution in [0.3, 0.4) is 0 Å². The van der Waals surface area contributed by atoms with Gasteiger partial charge >= 0.3 is 0 Å². The number of carboxylic acids is 1. The van der Waals surface area contributed by atoms with E-state index < -0.39 is 5.97 Å². The van der Waals surface area contributed by atoms with Gasteiger partial charge in [-0.05, 0) is 30.5 Å². The van der Waals surface area contributed by atoms with Crippen LogP contribution in [0.25, 0.3) is 0 Å². The summed E-state index contributed by atoms with van der Waals surface area (Å²) >= 11 is 0. The summed E-state index contributed by atoms with van der Waals surface area (Å²) in [7, 11) is 4.14. The van der Waals surface area contributed by atoms with Gasteiger partial charge in [0.25, 0.3) is 0 Å². The van der Waals surface area contributed by atoms with Crippen molar-refractivity contribution in [3.63, 3.8) is 0 Å². The van der Waals surface area contributed by atoms with E-state index in [0.29, 0.717) is 19.6 Å². The highest BCUT2D eigenvalue weighted by Gasteiger charge is 2.02. The van der Waals surface area contributed by atoms with Crippen LogP contribution in [0.2, 0.25) is 0 Å². The third kappa shape index (κ3) is 8.26. The molecule has 0 spiro atoms. The van der Waals surface area contributed by atoms with Crippen molar-refractivity contribution in [2.45, 2.75) is 19.3 Å². The molecule has 6 nitrogen and oxygen atoms in total. The maximum atomic E-state index is 11.4. The number of carbonyl (C=O) groups is 2. The Hall–Kier alpha value is -2.08. The Balaban J connectivity index is 2.30. The third-order valence-electron chi connectivity index (χ3n) is 3.06. The van der Waals surface area contributed by atoms with Gasteiger partial charge in [-0.3, -0.25) is 4.79 Å². The Bertz CT molecular complexity index is 489. The summed E-state index contributed by atoms with van der Waals surface area (Å²) in [5, 5.41) is 12.9. The van der Waals surface area contributed by atoms with E-state index in [4.69, 9.17) is 4.74 Å². The van der Waals surface area contributed by atoms with Crippen molar-refractivity contribution in [2.24, 2.45) is 0 Å². The van der Waals surface area contributed by atoms with Crippen LogP contribution in [0.1, 0.15) is 18.4 Å². The van der Waals surface area contributed by atoms with Gasteiger partial charge in [0.1, 0.15) is 18.9 Å². The summed E-state index contributed by atoms with van der Waals surface area (Å²) in [4.78, 5) is 23.0. The quantitative estimate of drug-likeness (QED) is 0.545. The first-order valence-electron chi connectivity index (χ1n) is 7.44. The van der Waals surface area contributed by atoms with Crippen molar-refractivity contribution in [1.29, 1.82) is 0 Å². The highest BCUT2D eigenvalue weighted by Crippen LogP contribution is 2.13. The number of amides is 1. The average Bonchev–Trinajstić information content (AvgIpc) is 2.45. The van der Waals surface area contributed by atoms with Gasteiger partial charge in [-0.15, -0.1) is 0 Å². The first kappa shape index (κ1) is 18.0. The molecular formula is C16H24N2O4. The van der Waals surface area contributed by atoms with Gasteiger partial charge in [-0.25, -0.2) is 0 Å². The summed E-state index contributed by atoms with van der Waals surface area (Å²) in [6.45, 7) is 2.06. The second-order valence-electron chi connectivity index (χ2n) is 5.42. The number of aliphatic carboxylic acids is 1. The zero-order chi connectivity index (χ0) is 16.4. The number of ether oxygens (including phenoxy) is 1. The maximum absolute atomic E-state index is 11.4. The summed E-state index contributed by atoms with van der Waals surface area (Å²) in [6, 6.07) is 7.76. The molecule has 122 valence electrons. The van der Waals surface area contributed by atoms with Gasteiger partial charge in [0.05, 0.1) is 14.1 Å². The monoisotopic (exact) mass is 308 g/mol. The zero-order valence-electron chi connectivity index (χ0n) is 13.2. The Kier molecular flexibility index (Phi) is 7.99. The second kappa shape index (κ2) is 9.78. The van der Waals surface area contributed by atoms with Crippen molar-refractivity contribution in [2.75, 3.05) is 33.8 Å². The highest BCUT2D eigenvalue weighted by atomic mass is 16.5. The van der Waals surface area contributed by atoms with E-state index in [9.17, 15) is 14.7 Å². The Morgan fingerprint density at radius 2 is 2.05 bits per heavy atom. The molecule has 0 aliphatic heterocycles. The van der Waals surface area contributed by atoms with E-state index in [2.05, 4.69) is 19.4 Å². The topological polar surface area (TPSA) is 82.9 Å². The van der Waals surface area contributed by atoms with Crippen LogP contribution in [0, 0.1) is 0 Å². The molecular weight excluding hydrogens is 284 g/mol. The Labute approximate surface area is 131 Å². The number of quaternary nitrogens is 1. The molecule has 0 aromatic heterocycles. The van der Waals surface area contributed by atoms with Crippen LogP contribution in [0.4, 0.5) is 0 Å². The van der Waals surface area contributed by atoms with Crippen LogP contribution in [0.15, 0.2) is 24.3 Å². The fraction of sp³-hybridized carbons (Fsp3) is 0.500. The van der Waals surface area contributed by atoms with E-state index in [1.165, 1.54) is 4.90 Å². The predicted molar refractivity (Wildman–Crippen MR) is 80.6 cm³/mol. The van der Waals surface area contributed by atoms with Gasteiger partial charge in [-0.2, -0.15) is 0 Å². The van der Waals surface area contributed by atoms with Crippen molar-refractivity contribution in [3.8, 4) is 5.75 Å². The lowest BCUT2D eigenvalue weighted by Gasteiger charge is -2.10. The van der Waals surface area contributed by atoms with Gasteiger partial charge in [-0.1, -0.05) is 12.1 Å². The van der Waals surface area contributed by atoms with Crippen LogP contribution in [-0.2, 0) is 16.0 Å². The smallest absolute Gasteiger partial charge is 0.220 e. The van der Waals surface area contributed by atoms with E-state index >= 15 is 0 Å². The summed E-state index contributed by atoms with van der Waals surface area (Å²) in [6.07, 6.45) is 0.383. The number of carbonyl (C=O) groups excluding carboxylic acids is 2. The first-order chi connectivity index (χ1) is 10.5. The molecule has 1 aromatic rings. The third-order valence-corrected chi connectivity index (χ3v) is 3.06. The van der Waals surface area contributed by atoms with Crippen molar-refractivity contribution in [3.05, 3.63) is 29.8 Å². The number of hydrogen-bond acceptors (Lipinski definition) is 4. The molecule has 2 N–H and O–H groups in total. The van der Waals surface area contributed by atoms with E-state index in [0.717, 1.165) is 17.9 Å². The normalized spacial score (nSPS) is 10.5. The Morgan fingerprint density at radius 1 is 1.27 bits per heavy atom. The fourth-order valence-electron chi connectivity index (χ4n) is 1.81. The van der Waals surface area contributed by atoms with E-state index in [1.54, 1.807) is 0 Å². The molecule has 0 fully saturated rings. The lowest BCUT2D eigenvalue weighted by Crippen LogP contribution is -3.06. The number of nitrogens with one attached hydrogen (secondary N) is 2. The first-order valence-corrected chi connectivity index (χ1v) is 7.44. The van der Waals surface area contributed by atoms with Gasteiger partial charge in [0.2, 0.25) is 5.91 Å². The lowest BCUT2D eigenvalue weighted by molar-refractivity contribution is -0.858. The Morgan fingerprint density at radius 3 is 2.73 bits per heavy atom. The molecule has 1 amide bonds. The molecule has 0 radical (unpaired) electrons. The van der Waals surface area contributed by atoms with Gasteiger partial charge < -0.3 is 24.9 Å². The van der Waals surface area contributed by atoms with Crippen LogP contribution in [0.5, 0.6) is 5.75 Å². The van der Waals surface area contributed by atoms with Gasteiger partial charge in [0.15, 0.2) is 0 Å². The van der Waals surface area contributed by atoms with Crippen molar-refractivity contribution in [1.82, 2.24) is 5.32 Å². The molecule has 1 aromatic carbocycles. The molecule has 0 aliphatic carbocycles. The SMILES string of the molecule is C[NH+](C)CCOc1cccc(CCNC(=O)CCC(=O)[O-])c1. The summed E-state index contributed by atoms with van der Waals surface area (Å²) in [5.74, 6) is -0.660. The largest absolute Gasteiger partial charge is 0.550 e. The highest BCUT2D eigenvalue weighted by molar-refractivity contribution is 5.79. The number of rotatable bonds is 10. The van der Waals surface area contributed by atoms with E-state index in [-0.39, 0.29) is 18.7 Å². The van der Waals surface area contributed by atoms with Crippen LogP contribution in [-0.4, -0.2) is 45.7 Å². The van der Waals surface area contributed by atoms with Crippen LogP contribution < -0.4 is 20.1 Å². The van der Waals surface area contributed by atoms with Crippen molar-refractivity contribution >= 4 is 11.9 Å². The molecule has 0 heterocycles. The van der Waals surface area contributed by atoms with Crippen molar-refractivity contribution < 1.29 is 24.3 Å². The number of carboxylic acid groups (broad SMARTS) is 1. The van der Waals surface area contributed by atoms with Crippen LogP contribution >= 0.6 is 0 Å². The predicted octanol–water partition coefficient (Wildman–Crippen LogP) is -1.60. The average molecular weight is 308 g/mol.